The Bertz CT molecular complexity index is 1070. The van der Waals surface area contributed by atoms with Crippen LogP contribution < -0.4 is 9.80 Å². The van der Waals surface area contributed by atoms with Crippen LogP contribution >= 0.6 is 0 Å². The van der Waals surface area contributed by atoms with E-state index in [2.05, 4.69) is 9.80 Å². The normalized spacial score (nSPS) is 24.6. The third kappa shape index (κ3) is 5.86. The molecule has 0 aromatic heterocycles. The van der Waals surface area contributed by atoms with Gasteiger partial charge in [-0.1, -0.05) is 6.42 Å². The van der Waals surface area contributed by atoms with Gasteiger partial charge in [0.1, 0.15) is 5.60 Å². The lowest BCUT2D eigenvalue weighted by molar-refractivity contribution is -0.137. The van der Waals surface area contributed by atoms with Crippen LogP contribution in [-0.4, -0.2) is 79.3 Å². The van der Waals surface area contributed by atoms with E-state index < -0.39 is 28.8 Å². The molecular weight excluding hydrogens is 509 g/mol. The van der Waals surface area contributed by atoms with Gasteiger partial charge < -0.3 is 19.4 Å². The molecule has 1 aromatic rings. The lowest BCUT2D eigenvalue weighted by Crippen LogP contribution is -2.48. The standard InChI is InChI=1S/C29H41F3N4O3/c1-27(2,3)39-26(38)34-16-10-28(11-17-34)12-18-36(25(28)37)24-8-7-21(19-23(24)29(30,31)32)35-15-9-22(20-35)33-13-5-4-6-14-33/h7-8,19,22H,4-6,9-18,20H2,1-3H3/t22-/m0/s1. The molecule has 1 aromatic carbocycles. The van der Waals surface area contributed by atoms with E-state index >= 15 is 0 Å². The molecule has 0 aliphatic carbocycles. The zero-order valence-electron chi connectivity index (χ0n) is 23.4. The van der Waals surface area contributed by atoms with Crippen LogP contribution in [0.25, 0.3) is 0 Å². The van der Waals surface area contributed by atoms with Gasteiger partial charge in [0.25, 0.3) is 0 Å². The molecule has 0 bridgehead atoms. The van der Waals surface area contributed by atoms with Crippen LogP contribution in [0.3, 0.4) is 0 Å². The highest BCUT2D eigenvalue weighted by atomic mass is 19.4. The molecule has 4 aliphatic rings. The molecule has 4 heterocycles. The van der Waals surface area contributed by atoms with Gasteiger partial charge in [-0.15, -0.1) is 0 Å². The Balaban J connectivity index is 1.29. The number of halogens is 3. The second-order valence-corrected chi connectivity index (χ2v) is 12.6. The number of ether oxygens (including phenoxy) is 1. The van der Waals surface area contributed by atoms with Crippen molar-refractivity contribution in [3.05, 3.63) is 23.8 Å². The van der Waals surface area contributed by atoms with Gasteiger partial charge >= 0.3 is 12.3 Å². The maximum atomic E-state index is 14.3. The maximum absolute atomic E-state index is 14.3. The molecular formula is C29H41F3N4O3. The van der Waals surface area contributed by atoms with E-state index in [0.29, 0.717) is 44.1 Å². The third-order valence-corrected chi connectivity index (χ3v) is 8.90. The van der Waals surface area contributed by atoms with Crippen molar-refractivity contribution in [1.82, 2.24) is 9.80 Å². The summed E-state index contributed by atoms with van der Waals surface area (Å²) >= 11 is 0. The molecule has 216 valence electrons. The summed E-state index contributed by atoms with van der Waals surface area (Å²) in [4.78, 5) is 33.6. The molecule has 0 radical (unpaired) electrons. The average molecular weight is 551 g/mol. The van der Waals surface area contributed by atoms with Crippen LogP contribution in [0.4, 0.5) is 29.3 Å². The van der Waals surface area contributed by atoms with Crippen LogP contribution in [0.1, 0.15) is 71.3 Å². The smallest absolute Gasteiger partial charge is 0.418 e. The van der Waals surface area contributed by atoms with Crippen LogP contribution in [0.2, 0.25) is 0 Å². The molecule has 10 heteroatoms. The molecule has 0 unspecified atom stereocenters. The summed E-state index contributed by atoms with van der Waals surface area (Å²) in [5.74, 6) is -0.268. The Morgan fingerprint density at radius 2 is 1.62 bits per heavy atom. The first kappa shape index (κ1) is 28.1. The number of rotatable bonds is 3. The minimum absolute atomic E-state index is 0.0607. The number of anilines is 2. The number of likely N-dealkylation sites (tertiary alicyclic amines) is 2. The Labute approximate surface area is 229 Å². The zero-order valence-corrected chi connectivity index (χ0v) is 23.4. The zero-order chi connectivity index (χ0) is 28.0. The summed E-state index contributed by atoms with van der Waals surface area (Å²) in [6.45, 7) is 9.96. The van der Waals surface area contributed by atoms with Crippen molar-refractivity contribution >= 4 is 23.4 Å². The summed E-state index contributed by atoms with van der Waals surface area (Å²) in [6.07, 6.45) is 0.919. The number of carbonyl (C=O) groups excluding carboxylic acids is 2. The van der Waals surface area contributed by atoms with Gasteiger partial charge in [-0.2, -0.15) is 13.2 Å². The van der Waals surface area contributed by atoms with Gasteiger partial charge in [-0.3, -0.25) is 9.69 Å². The highest BCUT2D eigenvalue weighted by Crippen LogP contribution is 2.47. The number of carbonyl (C=O) groups is 2. The van der Waals surface area contributed by atoms with E-state index in [0.717, 1.165) is 32.6 Å². The number of amides is 2. The van der Waals surface area contributed by atoms with Crippen molar-refractivity contribution in [2.75, 3.05) is 55.6 Å². The highest BCUT2D eigenvalue weighted by Gasteiger charge is 2.51. The summed E-state index contributed by atoms with van der Waals surface area (Å²) < 4.78 is 48.5. The molecule has 0 saturated carbocycles. The average Bonchev–Trinajstić information content (AvgIpc) is 3.49. The molecule has 4 aliphatic heterocycles. The van der Waals surface area contributed by atoms with Gasteiger partial charge in [-0.05, 0) is 90.6 Å². The van der Waals surface area contributed by atoms with Crippen molar-refractivity contribution in [1.29, 1.82) is 0 Å². The van der Waals surface area contributed by atoms with Gasteiger partial charge in [0, 0.05) is 44.5 Å². The molecule has 1 spiro atoms. The Morgan fingerprint density at radius 1 is 0.949 bits per heavy atom. The summed E-state index contributed by atoms with van der Waals surface area (Å²) in [6, 6.07) is 4.84. The summed E-state index contributed by atoms with van der Waals surface area (Å²) in [7, 11) is 0. The Kier molecular flexibility index (Phi) is 7.54. The van der Waals surface area contributed by atoms with E-state index in [1.54, 1.807) is 31.7 Å². The minimum atomic E-state index is -4.58. The minimum Gasteiger partial charge on any atom is -0.444 e. The van der Waals surface area contributed by atoms with E-state index in [9.17, 15) is 22.8 Å². The van der Waals surface area contributed by atoms with E-state index in [1.165, 1.54) is 36.3 Å². The van der Waals surface area contributed by atoms with E-state index in [4.69, 9.17) is 4.74 Å². The summed E-state index contributed by atoms with van der Waals surface area (Å²) in [5, 5.41) is 0. The number of hydrogen-bond acceptors (Lipinski definition) is 5. The van der Waals surface area contributed by atoms with Gasteiger partial charge in [-0.25, -0.2) is 4.79 Å². The van der Waals surface area contributed by atoms with Crippen molar-refractivity contribution in [2.45, 2.75) is 83.5 Å². The highest BCUT2D eigenvalue weighted by molar-refractivity contribution is 6.01. The fraction of sp³-hybridized carbons (Fsp3) is 0.724. The van der Waals surface area contributed by atoms with E-state index in [-0.39, 0.29) is 18.1 Å². The third-order valence-electron chi connectivity index (χ3n) is 8.90. The van der Waals surface area contributed by atoms with Gasteiger partial charge in [0.2, 0.25) is 5.91 Å². The predicted molar refractivity (Wildman–Crippen MR) is 144 cm³/mol. The lowest BCUT2D eigenvalue weighted by atomic mass is 9.77. The number of benzene rings is 1. The molecule has 4 saturated heterocycles. The Hall–Kier alpha value is -2.49. The monoisotopic (exact) mass is 550 g/mol. The molecule has 0 N–H and O–H groups in total. The quantitative estimate of drug-likeness (QED) is 0.496. The number of piperidine rings is 2. The Morgan fingerprint density at radius 3 is 2.26 bits per heavy atom. The second-order valence-electron chi connectivity index (χ2n) is 12.6. The fourth-order valence-electron chi connectivity index (χ4n) is 6.70. The molecule has 7 nitrogen and oxygen atoms in total. The topological polar surface area (TPSA) is 56.3 Å². The van der Waals surface area contributed by atoms with Crippen LogP contribution in [0.15, 0.2) is 18.2 Å². The molecule has 2 amide bonds. The first-order chi connectivity index (χ1) is 18.4. The number of hydrogen-bond donors (Lipinski definition) is 0. The SMILES string of the molecule is CC(C)(C)OC(=O)N1CCC2(CC1)CCN(c1ccc(N3CC[C@H](N4CCCCC4)C3)cc1C(F)(F)F)C2=O. The number of alkyl halides is 3. The second kappa shape index (κ2) is 10.5. The molecule has 4 fully saturated rings. The van der Waals surface area contributed by atoms with Crippen LogP contribution in [0.5, 0.6) is 0 Å². The fourth-order valence-corrected chi connectivity index (χ4v) is 6.70. The molecule has 5 rings (SSSR count). The van der Waals surface area contributed by atoms with Crippen LogP contribution in [-0.2, 0) is 15.7 Å². The first-order valence-corrected chi connectivity index (χ1v) is 14.4. The van der Waals surface area contributed by atoms with Crippen molar-refractivity contribution < 1.29 is 27.5 Å². The largest absolute Gasteiger partial charge is 0.444 e. The lowest BCUT2D eigenvalue weighted by Gasteiger charge is -2.38. The van der Waals surface area contributed by atoms with Crippen molar-refractivity contribution in [2.24, 2.45) is 5.41 Å². The molecule has 1 atom stereocenters. The summed E-state index contributed by atoms with van der Waals surface area (Å²) in [5.41, 5.74) is -1.60. The van der Waals surface area contributed by atoms with Gasteiger partial charge in [0.05, 0.1) is 16.7 Å². The van der Waals surface area contributed by atoms with Gasteiger partial charge in [0.15, 0.2) is 0 Å². The van der Waals surface area contributed by atoms with Crippen molar-refractivity contribution in [3.8, 4) is 0 Å². The molecule has 39 heavy (non-hydrogen) atoms. The first-order valence-electron chi connectivity index (χ1n) is 14.4. The van der Waals surface area contributed by atoms with Crippen molar-refractivity contribution in [3.63, 3.8) is 0 Å². The maximum Gasteiger partial charge on any atom is 0.418 e. The number of nitrogens with zero attached hydrogens (tertiary/aromatic N) is 4. The van der Waals surface area contributed by atoms with Crippen LogP contribution in [0, 0.1) is 5.41 Å². The predicted octanol–water partition coefficient (Wildman–Crippen LogP) is 5.52. The van der Waals surface area contributed by atoms with E-state index in [1.807, 2.05) is 0 Å².